The number of thioether (sulfide) groups is 1. The molecule has 2 heterocycles. The first-order chi connectivity index (χ1) is 10.5. The van der Waals surface area contributed by atoms with E-state index in [1.54, 1.807) is 17.0 Å². The summed E-state index contributed by atoms with van der Waals surface area (Å²) in [6.45, 7) is 8.86. The maximum atomic E-state index is 12.2. The Kier molecular flexibility index (Phi) is 5.26. The fourth-order valence-corrected chi connectivity index (χ4v) is 2.63. The molecular formula is C14H19N5O2S. The first-order valence-corrected chi connectivity index (χ1v) is 7.80. The number of hydrogen-bond donors (Lipinski definition) is 1. The second-order valence-electron chi connectivity index (χ2n) is 4.81. The molecule has 7 nitrogen and oxygen atoms in total. The van der Waals surface area contributed by atoms with Crippen LogP contribution in [0.15, 0.2) is 40.1 Å². The molecule has 0 bridgehead atoms. The van der Waals surface area contributed by atoms with Gasteiger partial charge in [-0.05, 0) is 26.0 Å². The molecule has 0 fully saturated rings. The van der Waals surface area contributed by atoms with Gasteiger partial charge in [-0.15, -0.1) is 10.2 Å². The monoisotopic (exact) mass is 321 g/mol. The van der Waals surface area contributed by atoms with Gasteiger partial charge in [0.25, 0.3) is 0 Å². The number of rotatable bonds is 7. The molecule has 2 aromatic heterocycles. The molecule has 0 saturated heterocycles. The van der Waals surface area contributed by atoms with Gasteiger partial charge < -0.3 is 15.2 Å². The molecule has 22 heavy (non-hydrogen) atoms. The zero-order valence-electron chi connectivity index (χ0n) is 12.7. The summed E-state index contributed by atoms with van der Waals surface area (Å²) >= 11 is 1.25. The highest BCUT2D eigenvalue weighted by Crippen LogP contribution is 2.22. The van der Waals surface area contributed by atoms with Crippen molar-refractivity contribution in [2.45, 2.75) is 19.0 Å². The Bertz CT molecular complexity index is 650. The van der Waals surface area contributed by atoms with E-state index in [0.717, 1.165) is 5.57 Å². The van der Waals surface area contributed by atoms with Crippen molar-refractivity contribution in [2.75, 3.05) is 24.7 Å². The van der Waals surface area contributed by atoms with Crippen molar-refractivity contribution < 1.29 is 9.21 Å². The minimum Gasteiger partial charge on any atom is -0.461 e. The lowest BCUT2D eigenvalue weighted by Gasteiger charge is -2.20. The van der Waals surface area contributed by atoms with Crippen molar-refractivity contribution in [3.8, 4) is 11.6 Å². The Balaban J connectivity index is 2.00. The number of likely N-dealkylation sites (N-methyl/N-ethyl adjacent to an activating group) is 1. The second kappa shape index (κ2) is 7.17. The first-order valence-electron chi connectivity index (χ1n) is 6.82. The fraction of sp³-hybridized carbons (Fsp3) is 0.357. The average Bonchev–Trinajstić information content (AvgIpc) is 3.11. The molecule has 0 aromatic carbocycles. The van der Waals surface area contributed by atoms with Crippen molar-refractivity contribution in [1.29, 1.82) is 0 Å². The van der Waals surface area contributed by atoms with Crippen molar-refractivity contribution in [3.63, 3.8) is 0 Å². The summed E-state index contributed by atoms with van der Waals surface area (Å²) in [5, 5.41) is 8.44. The van der Waals surface area contributed by atoms with E-state index in [1.807, 2.05) is 13.8 Å². The Hall–Kier alpha value is -2.22. The number of nitrogen functional groups attached to an aromatic ring is 1. The summed E-state index contributed by atoms with van der Waals surface area (Å²) in [7, 11) is 0. The van der Waals surface area contributed by atoms with Crippen molar-refractivity contribution in [1.82, 2.24) is 19.8 Å². The standard InChI is InChI=1S/C14H19N5O2S/c1-4-18(8-10(2)3)12(20)9-22-14-17-16-13(19(14)15)11-6-5-7-21-11/h5-7H,2,4,8-9,15H2,1,3H3. The lowest BCUT2D eigenvalue weighted by Crippen LogP contribution is -2.33. The van der Waals surface area contributed by atoms with E-state index in [9.17, 15) is 4.79 Å². The van der Waals surface area contributed by atoms with Crippen LogP contribution in [-0.2, 0) is 4.79 Å². The number of furan rings is 1. The average molecular weight is 321 g/mol. The normalized spacial score (nSPS) is 10.6. The first kappa shape index (κ1) is 16.2. The number of nitrogens with two attached hydrogens (primary N) is 1. The molecule has 1 amide bonds. The van der Waals surface area contributed by atoms with E-state index >= 15 is 0 Å². The molecule has 2 rings (SSSR count). The van der Waals surface area contributed by atoms with Crippen LogP contribution >= 0.6 is 11.8 Å². The highest BCUT2D eigenvalue weighted by atomic mass is 32.2. The van der Waals surface area contributed by atoms with Crippen LogP contribution in [-0.4, -0.2) is 44.5 Å². The fourth-order valence-electron chi connectivity index (χ4n) is 1.87. The molecule has 2 N–H and O–H groups in total. The molecule has 0 unspecified atom stereocenters. The van der Waals surface area contributed by atoms with Crippen LogP contribution in [0.3, 0.4) is 0 Å². The lowest BCUT2D eigenvalue weighted by atomic mass is 10.3. The number of carbonyl (C=O) groups is 1. The van der Waals surface area contributed by atoms with E-state index in [0.29, 0.717) is 29.8 Å². The summed E-state index contributed by atoms with van der Waals surface area (Å²) in [5.74, 6) is 7.16. The summed E-state index contributed by atoms with van der Waals surface area (Å²) < 4.78 is 6.57. The SMILES string of the molecule is C=C(C)CN(CC)C(=O)CSc1nnc(-c2ccco2)n1N. The third kappa shape index (κ3) is 3.70. The van der Waals surface area contributed by atoms with Gasteiger partial charge in [0.05, 0.1) is 12.0 Å². The van der Waals surface area contributed by atoms with E-state index in [1.165, 1.54) is 22.7 Å². The van der Waals surface area contributed by atoms with Crippen LogP contribution < -0.4 is 5.84 Å². The molecule has 2 aromatic rings. The predicted molar refractivity (Wildman–Crippen MR) is 85.7 cm³/mol. The smallest absolute Gasteiger partial charge is 0.233 e. The number of amides is 1. The quantitative estimate of drug-likeness (QED) is 0.475. The van der Waals surface area contributed by atoms with Gasteiger partial charge in [-0.1, -0.05) is 23.9 Å². The van der Waals surface area contributed by atoms with Crippen LogP contribution in [0.25, 0.3) is 11.6 Å². The van der Waals surface area contributed by atoms with Gasteiger partial charge in [0, 0.05) is 13.1 Å². The van der Waals surface area contributed by atoms with Crippen molar-refractivity contribution in [2.24, 2.45) is 0 Å². The minimum atomic E-state index is 0.0121. The molecule has 0 saturated carbocycles. The molecule has 0 aliphatic rings. The molecule has 0 spiro atoms. The van der Waals surface area contributed by atoms with Crippen LogP contribution in [0.1, 0.15) is 13.8 Å². The largest absolute Gasteiger partial charge is 0.461 e. The van der Waals surface area contributed by atoms with Crippen molar-refractivity contribution >= 4 is 17.7 Å². The topological polar surface area (TPSA) is 90.2 Å². The zero-order valence-corrected chi connectivity index (χ0v) is 13.5. The number of aromatic nitrogens is 3. The maximum Gasteiger partial charge on any atom is 0.233 e. The highest BCUT2D eigenvalue weighted by Gasteiger charge is 2.17. The minimum absolute atomic E-state index is 0.0121. The zero-order chi connectivity index (χ0) is 16.1. The molecule has 8 heteroatoms. The Morgan fingerprint density at radius 1 is 1.55 bits per heavy atom. The third-order valence-electron chi connectivity index (χ3n) is 2.93. The predicted octanol–water partition coefficient (Wildman–Crippen LogP) is 1.77. The summed E-state index contributed by atoms with van der Waals surface area (Å²) in [6.07, 6.45) is 1.54. The summed E-state index contributed by atoms with van der Waals surface area (Å²) in [4.78, 5) is 13.9. The Morgan fingerprint density at radius 3 is 2.91 bits per heavy atom. The molecule has 0 atom stereocenters. The van der Waals surface area contributed by atoms with Gasteiger partial charge in [0.2, 0.25) is 16.9 Å². The van der Waals surface area contributed by atoms with Crippen LogP contribution in [0.5, 0.6) is 0 Å². The van der Waals surface area contributed by atoms with Gasteiger partial charge in [0.1, 0.15) is 0 Å². The van der Waals surface area contributed by atoms with E-state index in [4.69, 9.17) is 10.3 Å². The van der Waals surface area contributed by atoms with E-state index in [2.05, 4.69) is 16.8 Å². The molecule has 0 aliphatic carbocycles. The van der Waals surface area contributed by atoms with Crippen LogP contribution in [0, 0.1) is 0 Å². The summed E-state index contributed by atoms with van der Waals surface area (Å²) in [5.41, 5.74) is 0.947. The van der Waals surface area contributed by atoms with Crippen LogP contribution in [0.2, 0.25) is 0 Å². The maximum absolute atomic E-state index is 12.2. The van der Waals surface area contributed by atoms with Gasteiger partial charge in [0.15, 0.2) is 5.76 Å². The highest BCUT2D eigenvalue weighted by molar-refractivity contribution is 7.99. The Labute approximate surface area is 133 Å². The molecule has 0 radical (unpaired) electrons. The number of nitrogens with zero attached hydrogens (tertiary/aromatic N) is 4. The van der Waals surface area contributed by atoms with Crippen LogP contribution in [0.4, 0.5) is 0 Å². The Morgan fingerprint density at radius 2 is 2.32 bits per heavy atom. The second-order valence-corrected chi connectivity index (χ2v) is 5.75. The van der Waals surface area contributed by atoms with E-state index in [-0.39, 0.29) is 11.7 Å². The van der Waals surface area contributed by atoms with E-state index < -0.39 is 0 Å². The molecular weight excluding hydrogens is 302 g/mol. The molecule has 0 aliphatic heterocycles. The van der Waals surface area contributed by atoms with Gasteiger partial charge in [-0.2, -0.15) is 0 Å². The number of hydrogen-bond acceptors (Lipinski definition) is 6. The van der Waals surface area contributed by atoms with Gasteiger partial charge >= 0.3 is 0 Å². The molecule has 118 valence electrons. The van der Waals surface area contributed by atoms with Crippen molar-refractivity contribution in [3.05, 3.63) is 30.5 Å². The van der Waals surface area contributed by atoms with Gasteiger partial charge in [-0.25, -0.2) is 4.68 Å². The van der Waals surface area contributed by atoms with Gasteiger partial charge in [-0.3, -0.25) is 4.79 Å². The lowest BCUT2D eigenvalue weighted by molar-refractivity contribution is -0.127. The third-order valence-corrected chi connectivity index (χ3v) is 3.85. The summed E-state index contributed by atoms with van der Waals surface area (Å²) in [6, 6.07) is 3.50. The number of carbonyl (C=O) groups excluding carboxylic acids is 1.